The Bertz CT molecular complexity index is 2790. The molecule has 0 unspecified atom stereocenters. The van der Waals surface area contributed by atoms with Crippen LogP contribution in [0.4, 0.5) is 0 Å². The minimum Gasteiger partial charge on any atom is -0.394 e. The molecule has 272 valence electrons. The molecule has 3 nitrogen and oxygen atoms in total. The van der Waals surface area contributed by atoms with Crippen LogP contribution in [-0.2, 0) is 0 Å². The molecule has 0 saturated carbocycles. The van der Waals surface area contributed by atoms with Crippen molar-refractivity contribution in [3.05, 3.63) is 212 Å². The molecule has 0 saturated heterocycles. The van der Waals surface area contributed by atoms with Crippen LogP contribution < -0.4 is 5.32 Å². The molecule has 0 amide bonds. The molecule has 0 fully saturated rings. The van der Waals surface area contributed by atoms with E-state index in [4.69, 9.17) is 4.98 Å². The van der Waals surface area contributed by atoms with Crippen LogP contribution >= 0.6 is 0 Å². The minimum absolute atomic E-state index is 0.918. The van der Waals surface area contributed by atoms with E-state index in [2.05, 4.69) is 205 Å². The minimum atomic E-state index is 0.918. The van der Waals surface area contributed by atoms with Gasteiger partial charge in [-0.1, -0.05) is 133 Å². The first-order valence-electron chi connectivity index (χ1n) is 19.4. The standard InChI is InChI=1S/C54H41N3/c1-37-13-9-23-50(49(37)25-27-55-2)47-31-45(32-48(33-47)51-24-12-22-44-36-56-28-26-52(44)51)46-34-53(42-20-10-18-40(29-42)38-14-5-3-6-15-38)57-54(35-46)43-21-11-19-41(30-43)39-16-7-4-8-17-39/h3-36,55H,1-2H3/b27-25-. The first-order valence-corrected chi connectivity index (χ1v) is 19.4. The number of aromatic nitrogens is 2. The first kappa shape index (κ1) is 35.3. The van der Waals surface area contributed by atoms with Gasteiger partial charge in [-0.05, 0) is 140 Å². The maximum absolute atomic E-state index is 5.41. The average Bonchev–Trinajstić information content (AvgIpc) is 3.28. The molecule has 57 heavy (non-hydrogen) atoms. The summed E-state index contributed by atoms with van der Waals surface area (Å²) in [7, 11) is 1.94. The van der Waals surface area contributed by atoms with Crippen LogP contribution in [0.5, 0.6) is 0 Å². The summed E-state index contributed by atoms with van der Waals surface area (Å²) < 4.78 is 0. The fourth-order valence-corrected chi connectivity index (χ4v) is 7.77. The van der Waals surface area contributed by atoms with Gasteiger partial charge in [-0.2, -0.15) is 0 Å². The van der Waals surface area contributed by atoms with Crippen LogP contribution in [-0.4, -0.2) is 17.0 Å². The number of hydrogen-bond acceptors (Lipinski definition) is 3. The summed E-state index contributed by atoms with van der Waals surface area (Å²) in [4.78, 5) is 9.84. The second-order valence-electron chi connectivity index (χ2n) is 14.4. The lowest BCUT2D eigenvalue weighted by Gasteiger charge is -2.17. The van der Waals surface area contributed by atoms with Crippen LogP contribution in [0.3, 0.4) is 0 Å². The van der Waals surface area contributed by atoms with Gasteiger partial charge in [0.25, 0.3) is 0 Å². The van der Waals surface area contributed by atoms with Crippen molar-refractivity contribution in [1.82, 2.24) is 15.3 Å². The molecule has 2 aromatic heterocycles. The molecule has 0 radical (unpaired) electrons. The number of fused-ring (bicyclic) bond motifs is 1. The third-order valence-corrected chi connectivity index (χ3v) is 10.7. The summed E-state index contributed by atoms with van der Waals surface area (Å²) in [5.41, 5.74) is 17.9. The second kappa shape index (κ2) is 15.8. The van der Waals surface area contributed by atoms with Crippen molar-refractivity contribution in [2.75, 3.05) is 7.05 Å². The van der Waals surface area contributed by atoms with Crippen LogP contribution in [0.25, 0.3) is 95.0 Å². The van der Waals surface area contributed by atoms with E-state index in [9.17, 15) is 0 Å². The van der Waals surface area contributed by atoms with Crippen LogP contribution in [0.1, 0.15) is 11.1 Å². The maximum atomic E-state index is 5.41. The highest BCUT2D eigenvalue weighted by Gasteiger charge is 2.16. The van der Waals surface area contributed by atoms with Crippen molar-refractivity contribution < 1.29 is 0 Å². The Morgan fingerprint density at radius 2 is 0.947 bits per heavy atom. The summed E-state index contributed by atoms with van der Waals surface area (Å²) in [6, 6.07) is 65.2. The normalized spacial score (nSPS) is 11.3. The molecule has 0 aliphatic heterocycles. The van der Waals surface area contributed by atoms with E-state index in [-0.39, 0.29) is 0 Å². The van der Waals surface area contributed by atoms with Gasteiger partial charge >= 0.3 is 0 Å². The Hall–Kier alpha value is -7.36. The average molecular weight is 732 g/mol. The summed E-state index contributed by atoms with van der Waals surface area (Å²) in [6.45, 7) is 2.18. The number of nitrogens with one attached hydrogen (secondary N) is 1. The molecule has 0 aliphatic carbocycles. The SMILES string of the molecule is CN/C=C\c1c(C)cccc1-c1cc(-c2cc(-c3cccc(-c4ccccc4)c3)nc(-c3cccc(-c4ccccc4)c3)c2)cc(-c2cccc3cnccc23)c1. The lowest BCUT2D eigenvalue weighted by molar-refractivity contribution is 1.11. The second-order valence-corrected chi connectivity index (χ2v) is 14.4. The van der Waals surface area contributed by atoms with Crippen molar-refractivity contribution in [2.24, 2.45) is 0 Å². The Kier molecular flexibility index (Phi) is 9.79. The van der Waals surface area contributed by atoms with Gasteiger partial charge in [0.15, 0.2) is 0 Å². The van der Waals surface area contributed by atoms with Gasteiger partial charge < -0.3 is 5.32 Å². The number of hydrogen-bond donors (Lipinski definition) is 1. The molecule has 7 aromatic carbocycles. The lowest BCUT2D eigenvalue weighted by atomic mass is 9.88. The fraction of sp³-hybridized carbons (Fsp3) is 0.0370. The zero-order valence-corrected chi connectivity index (χ0v) is 32.0. The molecular weight excluding hydrogens is 691 g/mol. The monoisotopic (exact) mass is 731 g/mol. The van der Waals surface area contributed by atoms with Gasteiger partial charge in [0, 0.05) is 36.0 Å². The summed E-state index contributed by atoms with van der Waals surface area (Å²) in [5, 5.41) is 5.48. The summed E-state index contributed by atoms with van der Waals surface area (Å²) in [5.74, 6) is 0. The lowest BCUT2D eigenvalue weighted by Crippen LogP contribution is -1.95. The van der Waals surface area contributed by atoms with Crippen LogP contribution in [0, 0.1) is 6.92 Å². The Morgan fingerprint density at radius 3 is 1.60 bits per heavy atom. The highest BCUT2D eigenvalue weighted by atomic mass is 14.8. The molecule has 2 heterocycles. The van der Waals surface area contributed by atoms with Gasteiger partial charge in [0.05, 0.1) is 11.4 Å². The van der Waals surface area contributed by atoms with Crippen molar-refractivity contribution >= 4 is 16.8 Å². The molecule has 3 heteroatoms. The molecular formula is C54H41N3. The van der Waals surface area contributed by atoms with Gasteiger partial charge in [0.1, 0.15) is 0 Å². The predicted octanol–water partition coefficient (Wildman–Crippen LogP) is 13.8. The molecule has 0 atom stereocenters. The number of aryl methyl sites for hydroxylation is 1. The van der Waals surface area contributed by atoms with E-state index >= 15 is 0 Å². The number of benzene rings is 7. The molecule has 9 rings (SSSR count). The Morgan fingerprint density at radius 1 is 0.439 bits per heavy atom. The topological polar surface area (TPSA) is 37.8 Å². The zero-order chi connectivity index (χ0) is 38.6. The molecule has 0 bridgehead atoms. The zero-order valence-electron chi connectivity index (χ0n) is 32.0. The Balaban J connectivity index is 1.29. The summed E-state index contributed by atoms with van der Waals surface area (Å²) >= 11 is 0. The maximum Gasteiger partial charge on any atom is 0.0715 e. The van der Waals surface area contributed by atoms with E-state index < -0.39 is 0 Å². The van der Waals surface area contributed by atoms with Crippen molar-refractivity contribution in [3.63, 3.8) is 0 Å². The van der Waals surface area contributed by atoms with E-state index in [1.165, 1.54) is 38.8 Å². The van der Waals surface area contributed by atoms with E-state index in [1.807, 2.05) is 25.6 Å². The van der Waals surface area contributed by atoms with Gasteiger partial charge in [-0.15, -0.1) is 0 Å². The van der Waals surface area contributed by atoms with Crippen LogP contribution in [0.15, 0.2) is 201 Å². The molecule has 9 aromatic rings. The van der Waals surface area contributed by atoms with Crippen molar-refractivity contribution in [3.8, 4) is 78.1 Å². The highest BCUT2D eigenvalue weighted by molar-refractivity contribution is 5.98. The smallest absolute Gasteiger partial charge is 0.0715 e. The number of pyridine rings is 2. The molecule has 0 spiro atoms. The number of rotatable bonds is 9. The third-order valence-electron chi connectivity index (χ3n) is 10.7. The molecule has 0 aliphatic rings. The van der Waals surface area contributed by atoms with Gasteiger partial charge in [-0.25, -0.2) is 4.98 Å². The largest absolute Gasteiger partial charge is 0.394 e. The van der Waals surface area contributed by atoms with Gasteiger partial charge in [-0.3, -0.25) is 4.98 Å². The predicted molar refractivity (Wildman–Crippen MR) is 240 cm³/mol. The summed E-state index contributed by atoms with van der Waals surface area (Å²) in [6.07, 6.45) is 8.00. The fourth-order valence-electron chi connectivity index (χ4n) is 7.77. The van der Waals surface area contributed by atoms with Crippen LogP contribution in [0.2, 0.25) is 0 Å². The van der Waals surface area contributed by atoms with Crippen molar-refractivity contribution in [1.29, 1.82) is 0 Å². The Labute approximate surface area is 334 Å². The first-order chi connectivity index (χ1) is 28.1. The van der Waals surface area contributed by atoms with E-state index in [0.29, 0.717) is 0 Å². The van der Waals surface area contributed by atoms with E-state index in [0.717, 1.165) is 61.3 Å². The third kappa shape index (κ3) is 7.39. The van der Waals surface area contributed by atoms with Crippen molar-refractivity contribution in [2.45, 2.75) is 6.92 Å². The van der Waals surface area contributed by atoms with E-state index in [1.54, 1.807) is 0 Å². The quantitative estimate of drug-likeness (QED) is 0.161. The molecule has 1 N–H and O–H groups in total. The highest BCUT2D eigenvalue weighted by Crippen LogP contribution is 2.40. The van der Waals surface area contributed by atoms with Gasteiger partial charge in [0.2, 0.25) is 0 Å². The number of nitrogens with zero attached hydrogens (tertiary/aromatic N) is 2.